The van der Waals surface area contributed by atoms with Gasteiger partial charge in [0.2, 0.25) is 0 Å². The fourth-order valence-electron chi connectivity index (χ4n) is 4.13. The van der Waals surface area contributed by atoms with E-state index in [0.717, 1.165) is 16.5 Å². The maximum atomic E-state index is 14.0. The third-order valence-electron chi connectivity index (χ3n) is 5.77. The van der Waals surface area contributed by atoms with Crippen LogP contribution in [-0.2, 0) is 4.74 Å². The summed E-state index contributed by atoms with van der Waals surface area (Å²) in [7, 11) is 0. The Morgan fingerprint density at radius 2 is 1.75 bits per heavy atom. The molecule has 0 bridgehead atoms. The van der Waals surface area contributed by atoms with Crippen LogP contribution in [0.25, 0.3) is 27.6 Å². The van der Waals surface area contributed by atoms with Gasteiger partial charge in [0.15, 0.2) is 11.6 Å². The maximum Gasteiger partial charge on any atom is 0.343 e. The van der Waals surface area contributed by atoms with Crippen LogP contribution in [0.5, 0.6) is 0 Å². The van der Waals surface area contributed by atoms with Crippen molar-refractivity contribution in [3.05, 3.63) is 89.0 Å². The van der Waals surface area contributed by atoms with Gasteiger partial charge < -0.3 is 10.1 Å². The van der Waals surface area contributed by atoms with E-state index in [1.54, 1.807) is 19.9 Å². The van der Waals surface area contributed by atoms with E-state index in [0.29, 0.717) is 22.4 Å². The molecule has 5 aromatic rings. The quantitative estimate of drug-likeness (QED) is 0.347. The van der Waals surface area contributed by atoms with Crippen LogP contribution >= 0.6 is 0 Å². The van der Waals surface area contributed by atoms with Crippen LogP contribution in [0.1, 0.15) is 38.9 Å². The lowest BCUT2D eigenvalue weighted by atomic mass is 10.1. The number of aryl methyl sites for hydroxylation is 2. The molecule has 3 aromatic heterocycles. The van der Waals surface area contributed by atoms with Crippen molar-refractivity contribution < 1.29 is 18.7 Å². The summed E-state index contributed by atoms with van der Waals surface area (Å²) in [5.74, 6) is -1.17. The molecule has 8 nitrogen and oxygen atoms in total. The van der Waals surface area contributed by atoms with E-state index < -0.39 is 17.7 Å². The molecule has 5 rings (SSSR count). The number of ether oxygens (including phenoxy) is 1. The van der Waals surface area contributed by atoms with Gasteiger partial charge in [0.1, 0.15) is 11.4 Å². The average molecular weight is 484 g/mol. The van der Waals surface area contributed by atoms with Crippen LogP contribution in [0.15, 0.2) is 60.8 Å². The van der Waals surface area contributed by atoms with E-state index in [4.69, 9.17) is 4.74 Å². The van der Waals surface area contributed by atoms with Crippen LogP contribution in [0.3, 0.4) is 0 Å². The standard InChI is InChI=1S/C27H22FN5O3/c1-4-36-27(35)21-14-29-33(24-11-15(2)18-7-5-6-8-22(18)31-24)25(21)32-26(34)20-12-16(3)30-23-10-9-17(28)13-19(20)23/h5-14H,4H2,1-3H3,(H,32,34). The van der Waals surface area contributed by atoms with E-state index in [1.807, 2.05) is 37.3 Å². The smallest absolute Gasteiger partial charge is 0.343 e. The minimum atomic E-state index is -0.640. The first-order valence-electron chi connectivity index (χ1n) is 11.4. The summed E-state index contributed by atoms with van der Waals surface area (Å²) in [5.41, 5.74) is 3.04. The van der Waals surface area contributed by atoms with Crippen molar-refractivity contribution >= 4 is 39.5 Å². The Balaban J connectivity index is 1.65. The highest BCUT2D eigenvalue weighted by atomic mass is 19.1. The second-order valence-electron chi connectivity index (χ2n) is 8.28. The number of esters is 1. The number of nitrogens with zero attached hydrogens (tertiary/aromatic N) is 4. The molecule has 0 saturated carbocycles. The van der Waals surface area contributed by atoms with Gasteiger partial charge in [0.05, 0.1) is 29.4 Å². The fraction of sp³-hybridized carbons (Fsp3) is 0.148. The van der Waals surface area contributed by atoms with Crippen molar-refractivity contribution in [2.24, 2.45) is 0 Å². The minimum Gasteiger partial charge on any atom is -0.462 e. The van der Waals surface area contributed by atoms with Crippen molar-refractivity contribution in [2.75, 3.05) is 11.9 Å². The number of halogens is 1. The third-order valence-corrected chi connectivity index (χ3v) is 5.77. The topological polar surface area (TPSA) is 99.0 Å². The number of hydrogen-bond donors (Lipinski definition) is 1. The lowest BCUT2D eigenvalue weighted by Crippen LogP contribution is -2.19. The highest BCUT2D eigenvalue weighted by Crippen LogP contribution is 2.26. The van der Waals surface area contributed by atoms with E-state index in [2.05, 4.69) is 20.4 Å². The Hall–Kier alpha value is -4.66. The fourth-order valence-corrected chi connectivity index (χ4v) is 4.13. The molecule has 0 aliphatic rings. The zero-order valence-electron chi connectivity index (χ0n) is 19.9. The second-order valence-corrected chi connectivity index (χ2v) is 8.28. The summed E-state index contributed by atoms with van der Waals surface area (Å²) in [6, 6.07) is 15.1. The van der Waals surface area contributed by atoms with Gasteiger partial charge in [-0.05, 0) is 62.7 Å². The Bertz CT molecular complexity index is 1660. The Morgan fingerprint density at radius 1 is 0.972 bits per heavy atom. The zero-order chi connectivity index (χ0) is 25.4. The third kappa shape index (κ3) is 4.15. The van der Waals surface area contributed by atoms with Gasteiger partial charge in [0, 0.05) is 16.5 Å². The number of nitrogens with one attached hydrogen (secondary N) is 1. The molecule has 36 heavy (non-hydrogen) atoms. The summed E-state index contributed by atoms with van der Waals surface area (Å²) in [5, 5.41) is 8.46. The molecule has 180 valence electrons. The van der Waals surface area contributed by atoms with Crippen molar-refractivity contribution in [1.82, 2.24) is 19.7 Å². The van der Waals surface area contributed by atoms with Gasteiger partial charge in [0.25, 0.3) is 5.91 Å². The van der Waals surface area contributed by atoms with E-state index in [-0.39, 0.29) is 23.6 Å². The normalized spacial score (nSPS) is 11.1. The number of fused-ring (bicyclic) bond motifs is 2. The number of carbonyl (C=O) groups excluding carboxylic acids is 2. The first kappa shape index (κ1) is 23.1. The number of benzene rings is 2. The summed E-state index contributed by atoms with van der Waals surface area (Å²) < 4.78 is 20.6. The Morgan fingerprint density at radius 3 is 2.56 bits per heavy atom. The molecule has 0 fully saturated rings. The molecule has 3 heterocycles. The minimum absolute atomic E-state index is 0.0686. The molecule has 0 aliphatic carbocycles. The molecular formula is C27H22FN5O3. The first-order valence-corrected chi connectivity index (χ1v) is 11.4. The molecule has 0 spiro atoms. The molecule has 0 aliphatic heterocycles. The molecule has 1 amide bonds. The number of rotatable bonds is 5. The van der Waals surface area contributed by atoms with E-state index in [1.165, 1.54) is 29.1 Å². The van der Waals surface area contributed by atoms with E-state index in [9.17, 15) is 14.0 Å². The number of carbonyl (C=O) groups is 2. The molecule has 1 N–H and O–H groups in total. The largest absolute Gasteiger partial charge is 0.462 e. The Labute approximate surface area is 205 Å². The number of amides is 1. The Kier molecular flexibility index (Phi) is 5.89. The van der Waals surface area contributed by atoms with Gasteiger partial charge in [-0.3, -0.25) is 9.78 Å². The van der Waals surface area contributed by atoms with Gasteiger partial charge in [-0.25, -0.2) is 14.2 Å². The van der Waals surface area contributed by atoms with Crippen molar-refractivity contribution in [3.8, 4) is 5.82 Å². The average Bonchev–Trinajstić information content (AvgIpc) is 3.27. The second kappa shape index (κ2) is 9.18. The summed E-state index contributed by atoms with van der Waals surface area (Å²) in [6.45, 7) is 5.53. The highest BCUT2D eigenvalue weighted by molar-refractivity contribution is 6.13. The molecule has 0 unspecified atom stereocenters. The first-order chi connectivity index (χ1) is 17.4. The van der Waals surface area contributed by atoms with Gasteiger partial charge in [-0.15, -0.1) is 0 Å². The van der Waals surface area contributed by atoms with E-state index >= 15 is 0 Å². The molecule has 0 radical (unpaired) electrons. The summed E-state index contributed by atoms with van der Waals surface area (Å²) in [6.07, 6.45) is 1.33. The van der Waals surface area contributed by atoms with Crippen LogP contribution in [0, 0.1) is 19.7 Å². The van der Waals surface area contributed by atoms with Crippen molar-refractivity contribution in [1.29, 1.82) is 0 Å². The van der Waals surface area contributed by atoms with Crippen molar-refractivity contribution in [3.63, 3.8) is 0 Å². The van der Waals surface area contributed by atoms with Crippen molar-refractivity contribution in [2.45, 2.75) is 20.8 Å². The highest BCUT2D eigenvalue weighted by Gasteiger charge is 2.24. The van der Waals surface area contributed by atoms with Crippen LogP contribution in [0.2, 0.25) is 0 Å². The molecular weight excluding hydrogens is 461 g/mol. The number of pyridine rings is 2. The van der Waals surface area contributed by atoms with Crippen LogP contribution in [-0.4, -0.2) is 38.2 Å². The van der Waals surface area contributed by atoms with Crippen LogP contribution in [0.4, 0.5) is 10.2 Å². The number of anilines is 1. The lowest BCUT2D eigenvalue weighted by molar-refractivity contribution is 0.0527. The predicted molar refractivity (Wildman–Crippen MR) is 134 cm³/mol. The number of hydrogen-bond acceptors (Lipinski definition) is 6. The number of aromatic nitrogens is 4. The van der Waals surface area contributed by atoms with Crippen LogP contribution < -0.4 is 5.32 Å². The lowest BCUT2D eigenvalue weighted by Gasteiger charge is -2.13. The molecule has 2 aromatic carbocycles. The maximum absolute atomic E-state index is 14.0. The summed E-state index contributed by atoms with van der Waals surface area (Å²) >= 11 is 0. The van der Waals surface area contributed by atoms with Gasteiger partial charge in [-0.1, -0.05) is 18.2 Å². The molecule has 0 atom stereocenters. The SMILES string of the molecule is CCOC(=O)c1cnn(-c2cc(C)c3ccccc3n2)c1NC(=O)c1cc(C)nc2ccc(F)cc12. The van der Waals surface area contributed by atoms with Gasteiger partial charge >= 0.3 is 5.97 Å². The summed E-state index contributed by atoms with van der Waals surface area (Å²) in [4.78, 5) is 35.3. The number of para-hydroxylation sites is 1. The molecule has 0 saturated heterocycles. The predicted octanol–water partition coefficient (Wildman–Crippen LogP) is 5.15. The zero-order valence-corrected chi connectivity index (χ0v) is 19.9. The molecule has 9 heteroatoms. The monoisotopic (exact) mass is 483 g/mol. The van der Waals surface area contributed by atoms with Gasteiger partial charge in [-0.2, -0.15) is 9.78 Å².